The average Bonchev–Trinajstić information content (AvgIpc) is 3.54. The van der Waals surface area contributed by atoms with Crippen molar-refractivity contribution in [2.45, 2.75) is 83.0 Å². The van der Waals surface area contributed by atoms with E-state index in [9.17, 15) is 18.5 Å². The lowest BCUT2D eigenvalue weighted by molar-refractivity contribution is -0.384. The van der Waals surface area contributed by atoms with E-state index < -0.39 is 14.9 Å². The fourth-order valence-corrected chi connectivity index (χ4v) is 10.6. The van der Waals surface area contributed by atoms with Crippen molar-refractivity contribution in [3.8, 4) is 0 Å². The molecule has 2 aliphatic carbocycles. The molecule has 0 atom stereocenters. The van der Waals surface area contributed by atoms with E-state index in [1.54, 1.807) is 0 Å². The molecule has 8 nitrogen and oxygen atoms in total. The summed E-state index contributed by atoms with van der Waals surface area (Å²) in [6.45, 7) is 16.3. The molecular formula is C45H52IN4O4S-. The number of nitro benzene ring substituents is 1. The van der Waals surface area contributed by atoms with E-state index in [-0.39, 0.29) is 45.4 Å². The van der Waals surface area contributed by atoms with Gasteiger partial charge in [0.25, 0.3) is 5.69 Å². The largest absolute Gasteiger partial charge is 1.00 e. The third-order valence-corrected chi connectivity index (χ3v) is 13.9. The number of fused-ring (bicyclic) bond motifs is 2. The number of hydrogen-bond acceptors (Lipinski definition) is 6. The zero-order chi connectivity index (χ0) is 38.4. The molecule has 4 aliphatic rings. The minimum absolute atomic E-state index is 0. The molecule has 0 N–H and O–H groups in total. The van der Waals surface area contributed by atoms with Gasteiger partial charge in [-0.1, -0.05) is 95.3 Å². The Morgan fingerprint density at radius 3 is 2.11 bits per heavy atom. The van der Waals surface area contributed by atoms with Gasteiger partial charge in [-0.3, -0.25) is 10.1 Å². The maximum Gasteiger partial charge on any atom is 0.269 e. The van der Waals surface area contributed by atoms with Crippen molar-refractivity contribution in [3.05, 3.63) is 152 Å². The van der Waals surface area contributed by atoms with Crippen LogP contribution in [0.3, 0.4) is 0 Å². The first-order valence-electron chi connectivity index (χ1n) is 19.3. The van der Waals surface area contributed by atoms with E-state index in [1.807, 2.05) is 0 Å². The number of benzene rings is 3. The van der Waals surface area contributed by atoms with E-state index in [0.717, 1.165) is 32.2 Å². The van der Waals surface area contributed by atoms with Crippen molar-refractivity contribution in [1.82, 2.24) is 9.21 Å². The second-order valence-corrected chi connectivity index (χ2v) is 17.7. The molecule has 0 aromatic heterocycles. The van der Waals surface area contributed by atoms with Crippen LogP contribution in [0.25, 0.3) is 5.57 Å². The van der Waals surface area contributed by atoms with Crippen LogP contribution < -0.4 is 28.9 Å². The molecule has 1 saturated heterocycles. The van der Waals surface area contributed by atoms with Gasteiger partial charge in [0.05, 0.1) is 9.82 Å². The van der Waals surface area contributed by atoms with Crippen molar-refractivity contribution < 1.29 is 37.3 Å². The molecule has 0 amide bonds. The third-order valence-electron chi connectivity index (χ3n) is 12.0. The summed E-state index contributed by atoms with van der Waals surface area (Å²) in [5.41, 5.74) is 12.8. The van der Waals surface area contributed by atoms with Crippen molar-refractivity contribution in [2.75, 3.05) is 37.6 Å². The topological polar surface area (TPSA) is 87.0 Å². The molecule has 0 unspecified atom stereocenters. The van der Waals surface area contributed by atoms with Gasteiger partial charge in [0.15, 0.2) is 0 Å². The Balaban J connectivity index is 0.00000514. The third kappa shape index (κ3) is 7.26. The van der Waals surface area contributed by atoms with Crippen LogP contribution in [0.2, 0.25) is 0 Å². The number of anilines is 1. The normalized spacial score (nSPS) is 21.1. The highest BCUT2D eigenvalue weighted by molar-refractivity contribution is 7.89. The first-order valence-corrected chi connectivity index (χ1v) is 20.8. The number of sulfonamides is 1. The zero-order valence-corrected chi connectivity index (χ0v) is 35.8. The predicted octanol–water partition coefficient (Wildman–Crippen LogP) is 6.68. The number of rotatable bonds is 9. The Labute approximate surface area is 344 Å². The quantitative estimate of drug-likeness (QED) is 0.136. The van der Waals surface area contributed by atoms with Crippen LogP contribution in [0.4, 0.5) is 11.4 Å². The fraction of sp³-hybridized carbons (Fsp3) is 0.378. The van der Waals surface area contributed by atoms with E-state index in [1.165, 1.54) is 84.6 Å². The van der Waals surface area contributed by atoms with Crippen LogP contribution in [-0.2, 0) is 20.9 Å². The van der Waals surface area contributed by atoms with Gasteiger partial charge in [-0.05, 0) is 95.9 Å². The zero-order valence-electron chi connectivity index (χ0n) is 32.8. The number of para-hydroxylation sites is 1. The Kier molecular flexibility index (Phi) is 11.7. The minimum Gasteiger partial charge on any atom is -1.00 e. The summed E-state index contributed by atoms with van der Waals surface area (Å²) in [5, 5.41) is 11.2. The predicted molar refractivity (Wildman–Crippen MR) is 219 cm³/mol. The van der Waals surface area contributed by atoms with Crippen LogP contribution in [-0.4, -0.2) is 55.3 Å². The molecule has 3 aromatic rings. The molecule has 2 heterocycles. The summed E-state index contributed by atoms with van der Waals surface area (Å²) in [4.78, 5) is 15.6. The summed E-state index contributed by atoms with van der Waals surface area (Å²) in [5.74, 6) is 0. The fourth-order valence-electron chi connectivity index (χ4n) is 9.18. The van der Waals surface area contributed by atoms with Gasteiger partial charge in [0.2, 0.25) is 10.0 Å². The highest BCUT2D eigenvalue weighted by atomic mass is 127. The molecule has 2 aliphatic heterocycles. The van der Waals surface area contributed by atoms with Crippen molar-refractivity contribution in [1.29, 1.82) is 0 Å². The lowest BCUT2D eigenvalue weighted by atomic mass is 9.80. The molecule has 55 heavy (non-hydrogen) atoms. The van der Waals surface area contributed by atoms with Gasteiger partial charge in [-0.15, -0.1) is 0 Å². The van der Waals surface area contributed by atoms with Crippen molar-refractivity contribution >= 4 is 27.0 Å². The van der Waals surface area contributed by atoms with Crippen molar-refractivity contribution in [2.24, 2.45) is 0 Å². The SMILES string of the molecule is CCC1=C(/C=C/C2=C(N3CCN(S(=O)(=O)c4ccc([N+](=O)[O-])cc4)CC3)C(=C/C=C3/N(CC)c4ccccc4C3(C)C)/CCC2)C(C)(C)c2ccccc21.[I-]. The molecule has 290 valence electrons. The van der Waals surface area contributed by atoms with Crippen LogP contribution in [0.1, 0.15) is 83.9 Å². The van der Waals surface area contributed by atoms with Crippen LogP contribution in [0, 0.1) is 10.1 Å². The van der Waals surface area contributed by atoms with Gasteiger partial charge in [0.1, 0.15) is 0 Å². The molecule has 7 rings (SSSR count). The van der Waals surface area contributed by atoms with Gasteiger partial charge in [-0.2, -0.15) is 4.31 Å². The molecular weight excluding hydrogens is 819 g/mol. The van der Waals surface area contributed by atoms with E-state index >= 15 is 0 Å². The summed E-state index contributed by atoms with van der Waals surface area (Å²) in [6, 6.07) is 22.7. The lowest BCUT2D eigenvalue weighted by Crippen LogP contribution is -3.00. The maximum absolute atomic E-state index is 13.7. The summed E-state index contributed by atoms with van der Waals surface area (Å²) in [6.07, 6.45) is 13.3. The number of allylic oxidation sites excluding steroid dienone is 9. The van der Waals surface area contributed by atoms with E-state index in [0.29, 0.717) is 26.2 Å². The van der Waals surface area contributed by atoms with Crippen LogP contribution >= 0.6 is 0 Å². The maximum atomic E-state index is 13.7. The second-order valence-electron chi connectivity index (χ2n) is 15.7. The Morgan fingerprint density at radius 1 is 0.800 bits per heavy atom. The summed E-state index contributed by atoms with van der Waals surface area (Å²) < 4.78 is 28.9. The summed E-state index contributed by atoms with van der Waals surface area (Å²) >= 11 is 0. The highest BCUT2D eigenvalue weighted by Crippen LogP contribution is 2.49. The first-order chi connectivity index (χ1) is 25.8. The van der Waals surface area contributed by atoms with Gasteiger partial charge < -0.3 is 33.8 Å². The molecule has 1 fully saturated rings. The number of halogens is 1. The summed E-state index contributed by atoms with van der Waals surface area (Å²) in [7, 11) is -3.81. The number of nitro groups is 1. The molecule has 3 aromatic carbocycles. The number of likely N-dealkylation sites (N-methyl/N-ethyl adjacent to an activating group) is 1. The van der Waals surface area contributed by atoms with Crippen LogP contribution in [0.5, 0.6) is 0 Å². The number of hydrogen-bond donors (Lipinski definition) is 0. The number of piperazine rings is 1. The van der Waals surface area contributed by atoms with E-state index in [2.05, 4.69) is 124 Å². The molecule has 0 radical (unpaired) electrons. The molecule has 10 heteroatoms. The standard InChI is InChI=1S/C45H52N4O4S.HI/c1-7-36-37-16-9-10-17-38(37)44(3,4)39(36)26-20-32-14-13-15-33(21-27-42-45(5,6)40-18-11-12-19-41(40)48(42)8-2)43(32)46-28-30-47(31-29-46)54(52,53)35-24-22-34(23-25-35)49(50)51;/h9-12,16-27H,7-8,13-15,28-31H2,1-6H3;1H/p-1/b26-20+,33-21+,42-27+;. The molecule has 0 bridgehead atoms. The molecule has 0 spiro atoms. The number of nitrogens with zero attached hydrogens (tertiary/aromatic N) is 4. The van der Waals surface area contributed by atoms with E-state index in [4.69, 9.17) is 0 Å². The molecule has 0 saturated carbocycles. The smallest absolute Gasteiger partial charge is 0.269 e. The van der Waals surface area contributed by atoms with Gasteiger partial charge in [-0.25, -0.2) is 8.42 Å². The Morgan fingerprint density at radius 2 is 1.45 bits per heavy atom. The monoisotopic (exact) mass is 871 g/mol. The van der Waals surface area contributed by atoms with Crippen LogP contribution in [0.15, 0.2) is 130 Å². The van der Waals surface area contributed by atoms with Gasteiger partial charge in [0, 0.05) is 72.8 Å². The van der Waals surface area contributed by atoms with Crippen molar-refractivity contribution in [3.63, 3.8) is 0 Å². The van der Waals surface area contributed by atoms with Gasteiger partial charge >= 0.3 is 0 Å². The lowest BCUT2D eigenvalue weighted by Gasteiger charge is -2.39. The number of non-ortho nitro benzene ring substituents is 1. The Hall–Kier alpha value is -4.00. The second kappa shape index (κ2) is 15.9. The Bertz CT molecular complexity index is 2240. The minimum atomic E-state index is -3.81. The highest BCUT2D eigenvalue weighted by Gasteiger charge is 2.39. The average molecular weight is 872 g/mol. The first kappa shape index (κ1) is 40.7.